The standard InChI is InChI=1S/C19H38N2O3/c1-6-7-8-9-10-11-12-13-14-15-19(23)24-17(2)20-18(22)16-21(3,4)5/h17H,6-16H2,1-5H3/p+1. The lowest BCUT2D eigenvalue weighted by Gasteiger charge is -2.24. The summed E-state index contributed by atoms with van der Waals surface area (Å²) in [5, 5.41) is 2.70. The molecule has 5 nitrogen and oxygen atoms in total. The van der Waals surface area contributed by atoms with Gasteiger partial charge < -0.3 is 14.5 Å². The van der Waals surface area contributed by atoms with Crippen molar-refractivity contribution in [1.82, 2.24) is 5.32 Å². The molecule has 0 aromatic heterocycles. The van der Waals surface area contributed by atoms with E-state index in [1.165, 1.54) is 44.9 Å². The second-order valence-corrected chi connectivity index (χ2v) is 7.73. The Balaban J connectivity index is 3.59. The summed E-state index contributed by atoms with van der Waals surface area (Å²) >= 11 is 0. The Kier molecular flexibility index (Phi) is 12.6. The van der Waals surface area contributed by atoms with Gasteiger partial charge in [0.25, 0.3) is 5.91 Å². The van der Waals surface area contributed by atoms with Gasteiger partial charge in [-0.2, -0.15) is 0 Å². The number of unbranched alkanes of at least 4 members (excludes halogenated alkanes) is 8. The van der Waals surface area contributed by atoms with Gasteiger partial charge in [-0.3, -0.25) is 9.59 Å². The SMILES string of the molecule is CCCCCCCCCCCC(=O)OC(C)NC(=O)C[N+](C)(C)C. The number of esters is 1. The minimum atomic E-state index is -0.560. The van der Waals surface area contributed by atoms with Gasteiger partial charge >= 0.3 is 5.97 Å². The molecule has 1 atom stereocenters. The highest BCUT2D eigenvalue weighted by atomic mass is 16.6. The third-order valence-electron chi connectivity index (χ3n) is 3.77. The number of nitrogens with one attached hydrogen (secondary N) is 1. The van der Waals surface area contributed by atoms with E-state index >= 15 is 0 Å². The molecule has 0 aromatic carbocycles. The number of hydrogen-bond acceptors (Lipinski definition) is 3. The van der Waals surface area contributed by atoms with E-state index in [-0.39, 0.29) is 11.9 Å². The van der Waals surface area contributed by atoms with Gasteiger partial charge in [0.05, 0.1) is 21.1 Å². The van der Waals surface area contributed by atoms with E-state index < -0.39 is 6.23 Å². The van der Waals surface area contributed by atoms with Crippen LogP contribution in [0.5, 0.6) is 0 Å². The summed E-state index contributed by atoms with van der Waals surface area (Å²) in [5.74, 6) is -0.332. The molecule has 1 unspecified atom stereocenters. The molecule has 142 valence electrons. The third-order valence-corrected chi connectivity index (χ3v) is 3.77. The summed E-state index contributed by atoms with van der Waals surface area (Å²) in [6.45, 7) is 4.29. The zero-order valence-electron chi connectivity index (χ0n) is 16.5. The van der Waals surface area contributed by atoms with Crippen molar-refractivity contribution in [2.24, 2.45) is 0 Å². The van der Waals surface area contributed by atoms with Crippen molar-refractivity contribution in [1.29, 1.82) is 0 Å². The first-order chi connectivity index (χ1) is 11.2. The van der Waals surface area contributed by atoms with Gasteiger partial charge in [0.2, 0.25) is 0 Å². The van der Waals surface area contributed by atoms with Crippen LogP contribution in [0.15, 0.2) is 0 Å². The average Bonchev–Trinajstić information content (AvgIpc) is 2.43. The summed E-state index contributed by atoms with van der Waals surface area (Å²) < 4.78 is 5.78. The molecule has 0 saturated heterocycles. The zero-order valence-corrected chi connectivity index (χ0v) is 16.5. The molecule has 5 heteroatoms. The highest BCUT2D eigenvalue weighted by molar-refractivity contribution is 5.77. The first-order valence-corrected chi connectivity index (χ1v) is 9.54. The van der Waals surface area contributed by atoms with E-state index in [9.17, 15) is 9.59 Å². The number of quaternary nitrogens is 1. The number of amides is 1. The van der Waals surface area contributed by atoms with Gasteiger partial charge in [0.1, 0.15) is 0 Å². The maximum absolute atomic E-state index is 11.8. The van der Waals surface area contributed by atoms with Crippen LogP contribution >= 0.6 is 0 Å². The van der Waals surface area contributed by atoms with E-state index in [1.54, 1.807) is 6.92 Å². The van der Waals surface area contributed by atoms with Gasteiger partial charge in [0.15, 0.2) is 12.8 Å². The zero-order chi connectivity index (χ0) is 18.4. The fourth-order valence-corrected chi connectivity index (χ4v) is 2.57. The van der Waals surface area contributed by atoms with Gasteiger partial charge in [-0.1, -0.05) is 58.3 Å². The van der Waals surface area contributed by atoms with Crippen molar-refractivity contribution < 1.29 is 18.8 Å². The fraction of sp³-hybridized carbons (Fsp3) is 0.895. The second-order valence-electron chi connectivity index (χ2n) is 7.73. The van der Waals surface area contributed by atoms with Crippen molar-refractivity contribution in [2.45, 2.75) is 84.3 Å². The minimum Gasteiger partial charge on any atom is -0.442 e. The van der Waals surface area contributed by atoms with Gasteiger partial charge in [0, 0.05) is 6.42 Å². The predicted molar refractivity (Wildman–Crippen MR) is 98.4 cm³/mol. The number of carbonyl (C=O) groups excluding carboxylic acids is 2. The lowest BCUT2D eigenvalue weighted by atomic mass is 10.1. The molecule has 0 saturated carbocycles. The van der Waals surface area contributed by atoms with Crippen LogP contribution < -0.4 is 5.32 Å². The minimum absolute atomic E-state index is 0.106. The Morgan fingerprint density at radius 3 is 1.92 bits per heavy atom. The monoisotopic (exact) mass is 343 g/mol. The molecule has 0 spiro atoms. The number of likely N-dealkylation sites (N-methyl/N-ethyl adjacent to an activating group) is 1. The summed E-state index contributed by atoms with van der Waals surface area (Å²) in [5.41, 5.74) is 0. The molecular weight excluding hydrogens is 304 g/mol. The van der Waals surface area contributed by atoms with Crippen LogP contribution in [0, 0.1) is 0 Å². The van der Waals surface area contributed by atoms with Gasteiger partial charge in [-0.05, 0) is 13.3 Å². The largest absolute Gasteiger partial charge is 0.442 e. The molecule has 0 rings (SSSR count). The van der Waals surface area contributed by atoms with Crippen LogP contribution in [0.3, 0.4) is 0 Å². The summed E-state index contributed by atoms with van der Waals surface area (Å²) in [6.07, 6.45) is 10.9. The predicted octanol–water partition coefficient (Wildman–Crippen LogP) is 3.62. The smallest absolute Gasteiger partial charge is 0.307 e. The third kappa shape index (κ3) is 15.8. The van der Waals surface area contributed by atoms with Crippen molar-refractivity contribution in [2.75, 3.05) is 27.7 Å². The molecule has 0 heterocycles. The molecular formula is C19H39N2O3+. The first kappa shape index (κ1) is 22.9. The number of ether oxygens (including phenoxy) is 1. The van der Waals surface area contributed by atoms with Gasteiger partial charge in [-0.25, -0.2) is 0 Å². The van der Waals surface area contributed by atoms with Crippen molar-refractivity contribution in [3.8, 4) is 0 Å². The number of hydrogen-bond donors (Lipinski definition) is 1. The molecule has 0 fully saturated rings. The second kappa shape index (κ2) is 13.2. The van der Waals surface area contributed by atoms with E-state index in [2.05, 4.69) is 12.2 Å². The quantitative estimate of drug-likeness (QED) is 0.227. The number of nitrogens with zero attached hydrogens (tertiary/aromatic N) is 1. The molecule has 0 radical (unpaired) electrons. The summed E-state index contributed by atoms with van der Waals surface area (Å²) in [6, 6.07) is 0. The maximum atomic E-state index is 11.8. The Bertz CT molecular complexity index is 351. The molecule has 0 aliphatic heterocycles. The Labute approximate surface area is 148 Å². The van der Waals surface area contributed by atoms with Crippen molar-refractivity contribution >= 4 is 11.9 Å². The van der Waals surface area contributed by atoms with Crippen LogP contribution in [-0.2, 0) is 14.3 Å². The molecule has 24 heavy (non-hydrogen) atoms. The molecule has 0 aromatic rings. The van der Waals surface area contributed by atoms with E-state index in [1.807, 2.05) is 21.1 Å². The van der Waals surface area contributed by atoms with Crippen LogP contribution in [0.4, 0.5) is 0 Å². The lowest BCUT2D eigenvalue weighted by Crippen LogP contribution is -2.47. The lowest BCUT2D eigenvalue weighted by molar-refractivity contribution is -0.862. The van der Waals surface area contributed by atoms with Crippen molar-refractivity contribution in [3.63, 3.8) is 0 Å². The van der Waals surface area contributed by atoms with Crippen LogP contribution in [-0.4, -0.2) is 50.3 Å². The number of rotatable bonds is 14. The Morgan fingerprint density at radius 2 is 1.42 bits per heavy atom. The first-order valence-electron chi connectivity index (χ1n) is 9.54. The average molecular weight is 344 g/mol. The highest BCUT2D eigenvalue weighted by Crippen LogP contribution is 2.11. The maximum Gasteiger partial charge on any atom is 0.307 e. The normalized spacial score (nSPS) is 12.7. The molecule has 0 bridgehead atoms. The molecule has 0 aliphatic carbocycles. The summed E-state index contributed by atoms with van der Waals surface area (Å²) in [4.78, 5) is 23.5. The molecule has 1 amide bonds. The molecule has 0 aliphatic rings. The van der Waals surface area contributed by atoms with E-state index in [0.29, 0.717) is 17.4 Å². The van der Waals surface area contributed by atoms with Crippen LogP contribution in [0.2, 0.25) is 0 Å². The van der Waals surface area contributed by atoms with Crippen molar-refractivity contribution in [3.05, 3.63) is 0 Å². The topological polar surface area (TPSA) is 55.4 Å². The van der Waals surface area contributed by atoms with E-state index in [4.69, 9.17) is 4.74 Å². The Morgan fingerprint density at radius 1 is 0.917 bits per heavy atom. The van der Waals surface area contributed by atoms with E-state index in [0.717, 1.165) is 12.8 Å². The highest BCUT2D eigenvalue weighted by Gasteiger charge is 2.17. The van der Waals surface area contributed by atoms with Crippen LogP contribution in [0.1, 0.15) is 78.1 Å². The molecule has 1 N–H and O–H groups in total. The number of carbonyl (C=O) groups is 2. The fourth-order valence-electron chi connectivity index (χ4n) is 2.57. The van der Waals surface area contributed by atoms with Gasteiger partial charge in [-0.15, -0.1) is 0 Å². The Hall–Kier alpha value is -1.10. The summed E-state index contributed by atoms with van der Waals surface area (Å²) in [7, 11) is 5.83. The van der Waals surface area contributed by atoms with Crippen LogP contribution in [0.25, 0.3) is 0 Å².